The zero-order valence-electron chi connectivity index (χ0n) is 11.6. The highest BCUT2D eigenvalue weighted by Crippen LogP contribution is 2.34. The minimum Gasteiger partial charge on any atom is -0.338 e. The Bertz CT molecular complexity index is 717. The van der Waals surface area contributed by atoms with Gasteiger partial charge in [0.05, 0.1) is 11.3 Å². The highest BCUT2D eigenvalue weighted by atomic mass is 32.3. The molecule has 10 heteroatoms. The minimum absolute atomic E-state index is 0.170. The van der Waals surface area contributed by atoms with Crippen molar-refractivity contribution in [2.24, 2.45) is 5.92 Å². The van der Waals surface area contributed by atoms with Gasteiger partial charge in [0.15, 0.2) is 0 Å². The fourth-order valence-corrected chi connectivity index (χ4v) is 3.34. The molecule has 1 fully saturated rings. The van der Waals surface area contributed by atoms with Crippen molar-refractivity contribution in [3.8, 4) is 0 Å². The van der Waals surface area contributed by atoms with Crippen LogP contribution in [0, 0.1) is 11.7 Å². The monoisotopic (exact) mass is 357 g/mol. The number of hydrogen-bond donors (Lipinski definition) is 0. The van der Waals surface area contributed by atoms with Gasteiger partial charge in [-0.05, 0) is 17.7 Å². The maximum atomic E-state index is 13.0. The van der Waals surface area contributed by atoms with Gasteiger partial charge in [-0.3, -0.25) is 4.79 Å². The van der Waals surface area contributed by atoms with Crippen LogP contribution < -0.4 is 0 Å². The minimum atomic E-state index is -4.79. The zero-order valence-corrected chi connectivity index (χ0v) is 12.4. The molecule has 1 aromatic carbocycles. The molecule has 0 saturated carbocycles. The first-order valence-electron chi connectivity index (χ1n) is 6.51. The number of rotatable bonds is 4. The average molecular weight is 357 g/mol. The summed E-state index contributed by atoms with van der Waals surface area (Å²) in [5.41, 5.74) is -1.51. The first-order valence-corrected chi connectivity index (χ1v) is 8.06. The van der Waals surface area contributed by atoms with Gasteiger partial charge in [-0.25, -0.2) is 4.39 Å². The molecule has 0 aliphatic carbocycles. The summed E-state index contributed by atoms with van der Waals surface area (Å²) in [5.74, 6) is -3.30. The van der Waals surface area contributed by atoms with Gasteiger partial charge in [-0.2, -0.15) is 21.6 Å². The van der Waals surface area contributed by atoms with Crippen LogP contribution in [-0.2, 0) is 27.7 Å². The molecule has 1 heterocycles. The number of carbonyl (C=O) groups excluding carboxylic acids is 1. The fourth-order valence-electron chi connectivity index (χ4n) is 2.56. The molecule has 4 nitrogen and oxygen atoms in total. The lowest BCUT2D eigenvalue weighted by Crippen LogP contribution is -2.27. The van der Waals surface area contributed by atoms with E-state index < -0.39 is 51.9 Å². The second-order valence-electron chi connectivity index (χ2n) is 5.35. The van der Waals surface area contributed by atoms with Crippen LogP contribution in [0.5, 0.6) is 0 Å². The molecule has 1 unspecified atom stereocenters. The quantitative estimate of drug-likeness (QED) is 0.615. The molecule has 0 N–H and O–H groups in total. The van der Waals surface area contributed by atoms with Crippen LogP contribution in [0.15, 0.2) is 18.2 Å². The van der Waals surface area contributed by atoms with Crippen LogP contribution >= 0.6 is 0 Å². The predicted octanol–water partition coefficient (Wildman–Crippen LogP) is 2.49. The average Bonchev–Trinajstić information content (AvgIpc) is 2.68. The molecule has 1 aromatic rings. The van der Waals surface area contributed by atoms with Crippen LogP contribution in [0.2, 0.25) is 0 Å². The lowest BCUT2D eigenvalue weighted by Gasteiger charge is -2.20. The van der Waals surface area contributed by atoms with Gasteiger partial charge in [-0.15, -0.1) is 3.89 Å². The predicted molar refractivity (Wildman–Crippen MR) is 69.8 cm³/mol. The number of alkyl halides is 3. The Kier molecular flexibility index (Phi) is 4.65. The van der Waals surface area contributed by atoms with E-state index in [1.54, 1.807) is 0 Å². The number of benzene rings is 1. The molecule has 1 aliphatic heterocycles. The van der Waals surface area contributed by atoms with Crippen LogP contribution in [0.25, 0.3) is 0 Å². The summed E-state index contributed by atoms with van der Waals surface area (Å²) in [4.78, 5) is 12.8. The summed E-state index contributed by atoms with van der Waals surface area (Å²) >= 11 is 0. The maximum absolute atomic E-state index is 13.0. The molecule has 0 spiro atoms. The third-order valence-corrected chi connectivity index (χ3v) is 4.34. The first kappa shape index (κ1) is 17.6. The lowest BCUT2D eigenvalue weighted by molar-refractivity contribution is -0.139. The van der Waals surface area contributed by atoms with Gasteiger partial charge in [0, 0.05) is 25.4 Å². The topological polar surface area (TPSA) is 54.5 Å². The Morgan fingerprint density at radius 1 is 1.26 bits per heavy atom. The van der Waals surface area contributed by atoms with E-state index in [1.807, 2.05) is 0 Å². The van der Waals surface area contributed by atoms with Crippen molar-refractivity contribution in [2.75, 3.05) is 12.3 Å². The van der Waals surface area contributed by atoms with E-state index in [-0.39, 0.29) is 18.5 Å². The van der Waals surface area contributed by atoms with Gasteiger partial charge in [-0.1, -0.05) is 6.07 Å². The molecule has 1 atom stereocenters. The number of likely N-dealkylation sites (tertiary alicyclic amines) is 1. The molecular formula is C13H12F5NO3S. The van der Waals surface area contributed by atoms with Crippen LogP contribution in [0.4, 0.5) is 21.4 Å². The third kappa shape index (κ3) is 4.63. The van der Waals surface area contributed by atoms with Crippen molar-refractivity contribution in [2.45, 2.75) is 19.1 Å². The van der Waals surface area contributed by atoms with Crippen LogP contribution in [0.3, 0.4) is 0 Å². The van der Waals surface area contributed by atoms with Gasteiger partial charge < -0.3 is 4.90 Å². The first-order chi connectivity index (χ1) is 10.5. The summed E-state index contributed by atoms with van der Waals surface area (Å²) < 4.78 is 85.6. The van der Waals surface area contributed by atoms with Crippen molar-refractivity contribution in [1.82, 2.24) is 4.90 Å². The molecule has 128 valence electrons. The van der Waals surface area contributed by atoms with E-state index in [0.29, 0.717) is 6.07 Å². The number of hydrogen-bond acceptors (Lipinski definition) is 3. The molecule has 1 amide bonds. The second-order valence-corrected chi connectivity index (χ2v) is 6.76. The number of nitrogens with zero attached hydrogens (tertiary/aromatic N) is 1. The Hall–Kier alpha value is -1.71. The van der Waals surface area contributed by atoms with Gasteiger partial charge in [0.1, 0.15) is 5.82 Å². The van der Waals surface area contributed by atoms with E-state index in [1.165, 1.54) is 0 Å². The highest BCUT2D eigenvalue weighted by Gasteiger charge is 2.37. The summed E-state index contributed by atoms with van der Waals surface area (Å²) in [6, 6.07) is 2.10. The van der Waals surface area contributed by atoms with E-state index in [2.05, 4.69) is 0 Å². The molecule has 2 rings (SSSR count). The van der Waals surface area contributed by atoms with E-state index in [9.17, 15) is 34.7 Å². The Labute approximate surface area is 129 Å². The number of amides is 1. The third-order valence-electron chi connectivity index (χ3n) is 3.47. The van der Waals surface area contributed by atoms with Gasteiger partial charge in [0.2, 0.25) is 5.91 Å². The van der Waals surface area contributed by atoms with Crippen molar-refractivity contribution < 1.29 is 34.7 Å². The number of carbonyl (C=O) groups is 1. The van der Waals surface area contributed by atoms with Crippen LogP contribution in [0.1, 0.15) is 17.5 Å². The molecule has 1 aliphatic rings. The molecule has 23 heavy (non-hydrogen) atoms. The normalized spacial score (nSPS) is 19.4. The van der Waals surface area contributed by atoms with Gasteiger partial charge in [0.25, 0.3) is 0 Å². The Morgan fingerprint density at radius 3 is 2.48 bits per heavy atom. The SMILES string of the molecule is O=C1CC(CS(=O)(=O)F)CN1Cc1ccc(F)cc1C(F)(F)F. The number of halogens is 5. The Balaban J connectivity index is 2.19. The smallest absolute Gasteiger partial charge is 0.338 e. The molecule has 1 saturated heterocycles. The van der Waals surface area contributed by atoms with Crippen molar-refractivity contribution in [1.29, 1.82) is 0 Å². The standard InChI is InChI=1S/C13H12F5NO3S/c14-10-2-1-9(11(4-10)13(15,16)17)6-19-5-8(3-12(19)20)7-23(18,21)22/h1-2,4,8H,3,5-7H2. The summed E-state index contributed by atoms with van der Waals surface area (Å²) in [5, 5.41) is 0. The van der Waals surface area contributed by atoms with E-state index in [0.717, 1.165) is 17.0 Å². The van der Waals surface area contributed by atoms with Gasteiger partial charge >= 0.3 is 16.4 Å². The lowest BCUT2D eigenvalue weighted by atomic mass is 10.1. The largest absolute Gasteiger partial charge is 0.416 e. The summed E-state index contributed by atoms with van der Waals surface area (Å²) in [6.07, 6.45) is -5.05. The van der Waals surface area contributed by atoms with Crippen molar-refractivity contribution >= 4 is 16.1 Å². The highest BCUT2D eigenvalue weighted by molar-refractivity contribution is 7.86. The molecular weight excluding hydrogens is 345 g/mol. The maximum Gasteiger partial charge on any atom is 0.416 e. The van der Waals surface area contributed by atoms with Crippen molar-refractivity contribution in [3.05, 3.63) is 35.1 Å². The van der Waals surface area contributed by atoms with Crippen LogP contribution in [-0.4, -0.2) is 31.5 Å². The summed E-state index contributed by atoms with van der Waals surface area (Å²) in [7, 11) is -4.77. The molecule has 0 aromatic heterocycles. The zero-order chi connectivity index (χ0) is 17.4. The second kappa shape index (κ2) is 6.06. The van der Waals surface area contributed by atoms with Crippen molar-refractivity contribution in [3.63, 3.8) is 0 Å². The molecule has 0 radical (unpaired) electrons. The van der Waals surface area contributed by atoms with E-state index in [4.69, 9.17) is 0 Å². The fraction of sp³-hybridized carbons (Fsp3) is 0.462. The summed E-state index contributed by atoms with van der Waals surface area (Å²) in [6.45, 7) is -0.618. The molecule has 0 bridgehead atoms. The Morgan fingerprint density at radius 2 is 1.91 bits per heavy atom. The van der Waals surface area contributed by atoms with E-state index >= 15 is 0 Å².